The minimum Gasteiger partial charge on any atom is -0.491 e. The summed E-state index contributed by atoms with van der Waals surface area (Å²) in [5.41, 5.74) is 1.55. The molecule has 0 N–H and O–H groups in total. The van der Waals surface area contributed by atoms with Crippen molar-refractivity contribution < 1.29 is 51.4 Å². The molecule has 0 fully saturated rings. The zero-order chi connectivity index (χ0) is 53.4. The largest absolute Gasteiger partial charge is 0.508 e. The highest BCUT2D eigenvalue weighted by atomic mass is 32.1. The lowest BCUT2D eigenvalue weighted by Gasteiger charge is -2.19. The maximum absolute atomic E-state index is 17.1. The van der Waals surface area contributed by atoms with Crippen molar-refractivity contribution in [2.45, 2.75) is 158 Å². The molecule has 2 aromatic carbocycles. The fraction of sp³-hybridized carbons (Fsp3) is 0.552. The number of hydrogen-bond donors (Lipinski definition) is 0. The van der Waals surface area contributed by atoms with Gasteiger partial charge in [0.2, 0.25) is 0 Å². The van der Waals surface area contributed by atoms with Gasteiger partial charge in [0.05, 0.1) is 60.7 Å². The number of benzene rings is 2. The molecule has 2 unspecified atom stereocenters. The molecular formula is C58H74F2N2O9S4. The predicted molar refractivity (Wildman–Crippen MR) is 303 cm³/mol. The number of aromatic nitrogens is 2. The first kappa shape index (κ1) is 57.9. The van der Waals surface area contributed by atoms with Crippen LogP contribution in [0.2, 0.25) is 0 Å². The van der Waals surface area contributed by atoms with Gasteiger partial charge in [0.25, 0.3) is 0 Å². The second-order valence-corrected chi connectivity index (χ2v) is 24.1. The Morgan fingerprint density at radius 2 is 1.11 bits per heavy atom. The predicted octanol–water partition coefficient (Wildman–Crippen LogP) is 18.6. The maximum Gasteiger partial charge on any atom is 0.508 e. The molecule has 7 rings (SSSR count). The van der Waals surface area contributed by atoms with Crippen molar-refractivity contribution in [1.82, 2.24) is 10.3 Å². The van der Waals surface area contributed by atoms with Crippen LogP contribution in [0.4, 0.5) is 18.4 Å². The van der Waals surface area contributed by atoms with Gasteiger partial charge in [-0.15, -0.1) is 45.3 Å². The van der Waals surface area contributed by atoms with E-state index in [-0.39, 0.29) is 41.8 Å². The Kier molecular flexibility index (Phi) is 22.0. The van der Waals surface area contributed by atoms with Crippen LogP contribution in [0.25, 0.3) is 61.8 Å². The standard InChI is InChI=1S/C58H74F2N2O9S4/c1-9-14-17-18-19-20-21-26-66-58(64)68-27-24-39-30-43(73-36(39)7)46-48(59)49(60)47(51-50(46)61-71-62-51)44-31-40(25-28-67-57(63)65-8)54(74-44)45-32-42-53(70-34-38(13-5)23-16-11-3)55-41(29-35(6)72-55)52(56(42)75-45)69-33-37(12-4)22-15-10-2/h29-32,37-38H,9-28,33-34H2,1-8H3. The molecule has 0 radical (unpaired) electrons. The third kappa shape index (κ3) is 14.4. The molecular weight excluding hydrogens is 1030 g/mol. The SMILES string of the molecule is CCCCCCCCCOC(=O)OCCc1cc(-c2c(F)c(F)c(-c3cc(CCOC(=O)OC)c(-c4cc5c(OCC(CC)CCCC)c6sc(C)cc6c(OCC(CC)CCCC)c5s4)s3)c3nonc23)sc1C. The van der Waals surface area contributed by atoms with Crippen molar-refractivity contribution in [3.8, 4) is 42.1 Å². The molecule has 0 saturated carbocycles. The highest BCUT2D eigenvalue weighted by molar-refractivity contribution is 7.28. The van der Waals surface area contributed by atoms with Gasteiger partial charge in [0, 0.05) is 52.9 Å². The van der Waals surface area contributed by atoms with Crippen LogP contribution in [0.1, 0.15) is 152 Å². The molecule has 0 bridgehead atoms. The summed E-state index contributed by atoms with van der Waals surface area (Å²) in [6, 6.07) is 7.91. The van der Waals surface area contributed by atoms with Crippen LogP contribution in [0.3, 0.4) is 0 Å². The second kappa shape index (κ2) is 28.5. The Hall–Kier alpha value is -4.84. The van der Waals surface area contributed by atoms with Crippen molar-refractivity contribution in [1.29, 1.82) is 0 Å². The Labute approximate surface area is 456 Å². The molecule has 17 heteroatoms. The van der Waals surface area contributed by atoms with Gasteiger partial charge in [0.15, 0.2) is 11.6 Å². The van der Waals surface area contributed by atoms with E-state index in [0.29, 0.717) is 47.8 Å². The van der Waals surface area contributed by atoms with Crippen LogP contribution in [0.5, 0.6) is 11.5 Å². The smallest absolute Gasteiger partial charge is 0.491 e. The third-order valence-corrected chi connectivity index (χ3v) is 18.6. The van der Waals surface area contributed by atoms with Crippen LogP contribution < -0.4 is 9.47 Å². The third-order valence-electron chi connectivity index (χ3n) is 14.0. The van der Waals surface area contributed by atoms with E-state index in [2.05, 4.69) is 64.0 Å². The van der Waals surface area contributed by atoms with Crippen molar-refractivity contribution in [2.24, 2.45) is 11.8 Å². The van der Waals surface area contributed by atoms with Gasteiger partial charge in [-0.2, -0.15) is 0 Å². The number of ether oxygens (including phenoxy) is 6. The number of unbranched alkanes of at least 4 members (excludes halogenated alkanes) is 8. The van der Waals surface area contributed by atoms with E-state index in [0.717, 1.165) is 133 Å². The highest BCUT2D eigenvalue weighted by Crippen LogP contribution is 2.54. The fourth-order valence-corrected chi connectivity index (χ4v) is 14.1. The van der Waals surface area contributed by atoms with Gasteiger partial charge in [-0.1, -0.05) is 112 Å². The summed E-state index contributed by atoms with van der Waals surface area (Å²) in [7, 11) is 1.25. The van der Waals surface area contributed by atoms with Crippen molar-refractivity contribution in [3.05, 3.63) is 56.8 Å². The van der Waals surface area contributed by atoms with Gasteiger partial charge < -0.3 is 28.4 Å². The average molecular weight is 1110 g/mol. The highest BCUT2D eigenvalue weighted by Gasteiger charge is 2.30. The number of fused-ring (bicyclic) bond motifs is 3. The Bertz CT molecular complexity index is 2900. The number of carbonyl (C=O) groups is 2. The van der Waals surface area contributed by atoms with Gasteiger partial charge >= 0.3 is 12.3 Å². The van der Waals surface area contributed by atoms with E-state index in [1.165, 1.54) is 55.5 Å². The van der Waals surface area contributed by atoms with E-state index in [1.54, 1.807) is 34.8 Å². The first-order valence-electron chi connectivity index (χ1n) is 27.1. The molecule has 5 aromatic heterocycles. The molecule has 408 valence electrons. The average Bonchev–Trinajstić information content (AvgIpc) is 4.27. The molecule has 0 amide bonds. The molecule has 5 heterocycles. The van der Waals surface area contributed by atoms with Gasteiger partial charge in [-0.3, -0.25) is 0 Å². The second-order valence-electron chi connectivity index (χ2n) is 19.4. The van der Waals surface area contributed by atoms with Crippen LogP contribution >= 0.6 is 45.3 Å². The summed E-state index contributed by atoms with van der Waals surface area (Å²) >= 11 is 5.85. The first-order chi connectivity index (χ1) is 36.4. The van der Waals surface area contributed by atoms with Gasteiger partial charge in [-0.05, 0) is 90.7 Å². The number of thiophene rings is 4. The minimum atomic E-state index is -1.10. The summed E-state index contributed by atoms with van der Waals surface area (Å²) in [6.45, 7) is 16.6. The molecule has 11 nitrogen and oxygen atoms in total. The van der Waals surface area contributed by atoms with Crippen LogP contribution in [-0.4, -0.2) is 62.8 Å². The van der Waals surface area contributed by atoms with E-state index in [1.807, 2.05) is 6.92 Å². The van der Waals surface area contributed by atoms with Crippen molar-refractivity contribution >= 4 is 88.9 Å². The van der Waals surface area contributed by atoms with Crippen molar-refractivity contribution in [2.75, 3.05) is 40.1 Å². The number of aryl methyl sites for hydroxylation is 2. The Morgan fingerprint density at radius 1 is 0.587 bits per heavy atom. The summed E-state index contributed by atoms with van der Waals surface area (Å²) in [5, 5.41) is 10.3. The van der Waals surface area contributed by atoms with E-state index in [9.17, 15) is 9.59 Å². The molecule has 75 heavy (non-hydrogen) atoms. The Morgan fingerprint density at radius 3 is 1.71 bits per heavy atom. The molecule has 0 aliphatic heterocycles. The minimum absolute atomic E-state index is 0.0208. The van der Waals surface area contributed by atoms with Gasteiger partial charge in [0.1, 0.15) is 22.5 Å². The van der Waals surface area contributed by atoms with Crippen LogP contribution in [-0.2, 0) is 31.8 Å². The number of rotatable bonds is 31. The lowest BCUT2D eigenvalue weighted by molar-refractivity contribution is 0.0548. The molecule has 0 spiro atoms. The lowest BCUT2D eigenvalue weighted by Crippen LogP contribution is -2.12. The summed E-state index contributed by atoms with van der Waals surface area (Å²) < 4.78 is 76.0. The van der Waals surface area contributed by atoms with E-state index in [4.69, 9.17) is 33.1 Å². The number of nitrogens with zero attached hydrogens (tertiary/aromatic N) is 2. The molecule has 0 aliphatic rings. The molecule has 7 aromatic rings. The quantitative estimate of drug-likeness (QED) is 0.0304. The Balaban J connectivity index is 1.24. The summed E-state index contributed by atoms with van der Waals surface area (Å²) in [4.78, 5) is 29.0. The zero-order valence-electron chi connectivity index (χ0n) is 45.0. The molecule has 0 saturated heterocycles. The fourth-order valence-electron chi connectivity index (χ4n) is 9.46. The van der Waals surface area contributed by atoms with Crippen LogP contribution in [0.15, 0.2) is 28.9 Å². The number of hydrogen-bond acceptors (Lipinski definition) is 15. The topological polar surface area (TPSA) is 128 Å². The van der Waals surface area contributed by atoms with Crippen LogP contribution in [0, 0.1) is 37.3 Å². The number of methoxy groups -OCH3 is 1. The van der Waals surface area contributed by atoms with E-state index < -0.39 is 23.9 Å². The lowest BCUT2D eigenvalue weighted by atomic mass is 10.0. The monoisotopic (exact) mass is 1110 g/mol. The molecule has 2 atom stereocenters. The summed E-state index contributed by atoms with van der Waals surface area (Å²) in [6.07, 6.45) is 15.5. The molecule has 0 aliphatic carbocycles. The normalized spacial score (nSPS) is 12.5. The first-order valence-corrected chi connectivity index (χ1v) is 30.3. The van der Waals surface area contributed by atoms with Crippen molar-refractivity contribution in [3.63, 3.8) is 0 Å². The van der Waals surface area contributed by atoms with E-state index >= 15 is 8.78 Å². The summed E-state index contributed by atoms with van der Waals surface area (Å²) in [5.74, 6) is 0.246. The van der Waals surface area contributed by atoms with Gasteiger partial charge in [-0.25, -0.2) is 23.0 Å². The number of carbonyl (C=O) groups excluding carboxylic acids is 2. The maximum atomic E-state index is 17.1. The number of halogens is 2. The zero-order valence-corrected chi connectivity index (χ0v) is 48.2.